The van der Waals surface area contributed by atoms with Gasteiger partial charge in [0.05, 0.1) is 23.6 Å². The Morgan fingerprint density at radius 3 is 2.78 bits per heavy atom. The first-order valence-corrected chi connectivity index (χ1v) is 6.35. The van der Waals surface area contributed by atoms with E-state index in [1.165, 1.54) is 5.56 Å². The van der Waals surface area contributed by atoms with Gasteiger partial charge in [-0.15, -0.1) is 0 Å². The molecule has 2 aromatic rings. The van der Waals surface area contributed by atoms with Gasteiger partial charge in [-0.3, -0.25) is 9.36 Å². The van der Waals surface area contributed by atoms with Crippen LogP contribution >= 0.6 is 0 Å². The zero-order valence-corrected chi connectivity index (χ0v) is 11.5. The highest BCUT2D eigenvalue weighted by molar-refractivity contribution is 5.25. The lowest BCUT2D eigenvalue weighted by atomic mass is 10.1. The molecule has 0 aliphatic rings. The van der Waals surface area contributed by atoms with Gasteiger partial charge in [-0.1, -0.05) is 6.92 Å². The third kappa shape index (κ3) is 2.46. The van der Waals surface area contributed by atoms with E-state index in [1.54, 1.807) is 0 Å². The topological polar surface area (TPSA) is 47.7 Å². The molecule has 0 radical (unpaired) electrons. The van der Waals surface area contributed by atoms with E-state index >= 15 is 0 Å². The largest absolute Gasteiger partial charge is 0.308 e. The average Bonchev–Trinajstić information content (AvgIpc) is 2.89. The summed E-state index contributed by atoms with van der Waals surface area (Å²) in [5.74, 6) is 0. The van der Waals surface area contributed by atoms with Gasteiger partial charge in [0.15, 0.2) is 0 Å². The molecule has 0 aliphatic heterocycles. The van der Waals surface area contributed by atoms with E-state index in [2.05, 4.69) is 34.7 Å². The van der Waals surface area contributed by atoms with Gasteiger partial charge in [-0.05, 0) is 26.5 Å². The third-order valence-electron chi connectivity index (χ3n) is 3.06. The minimum absolute atomic E-state index is 0.141. The average molecular weight is 247 g/mol. The van der Waals surface area contributed by atoms with E-state index in [4.69, 9.17) is 0 Å². The molecule has 0 aromatic carbocycles. The van der Waals surface area contributed by atoms with E-state index in [0.717, 1.165) is 24.4 Å². The molecule has 18 heavy (non-hydrogen) atoms. The van der Waals surface area contributed by atoms with E-state index in [1.807, 2.05) is 36.6 Å². The fraction of sp³-hybridized carbons (Fsp3) is 0.538. The van der Waals surface area contributed by atoms with Gasteiger partial charge < -0.3 is 5.32 Å². The second-order valence-corrected chi connectivity index (χ2v) is 4.59. The van der Waals surface area contributed by atoms with Crippen LogP contribution in [0.4, 0.5) is 0 Å². The molecule has 2 aromatic heterocycles. The molecular weight excluding hydrogens is 226 g/mol. The molecule has 0 amide bonds. The van der Waals surface area contributed by atoms with E-state index in [9.17, 15) is 0 Å². The molecule has 1 atom stereocenters. The summed E-state index contributed by atoms with van der Waals surface area (Å²) in [6, 6.07) is 2.25. The molecule has 2 heterocycles. The lowest BCUT2D eigenvalue weighted by molar-refractivity contribution is 0.591. The standard InChI is InChI=1S/C13H21N5/c1-5-6-18-9-11(8-15-18)13(14-3)12-7-10(2)16-17(12)4/h7-9,13-14H,5-6H2,1-4H3. The molecule has 0 aliphatic carbocycles. The van der Waals surface area contributed by atoms with Crippen LogP contribution in [0.1, 0.15) is 36.3 Å². The Morgan fingerprint density at radius 1 is 1.44 bits per heavy atom. The molecule has 0 saturated carbocycles. The van der Waals surface area contributed by atoms with Crippen molar-refractivity contribution < 1.29 is 0 Å². The predicted molar refractivity (Wildman–Crippen MR) is 71.4 cm³/mol. The van der Waals surface area contributed by atoms with E-state index < -0.39 is 0 Å². The van der Waals surface area contributed by atoms with Gasteiger partial charge in [0.1, 0.15) is 0 Å². The first-order chi connectivity index (χ1) is 8.65. The van der Waals surface area contributed by atoms with Crippen LogP contribution in [0.15, 0.2) is 18.5 Å². The third-order valence-corrected chi connectivity index (χ3v) is 3.06. The highest BCUT2D eigenvalue weighted by Crippen LogP contribution is 2.21. The van der Waals surface area contributed by atoms with Crippen molar-refractivity contribution in [2.75, 3.05) is 7.05 Å². The second kappa shape index (κ2) is 5.35. The van der Waals surface area contributed by atoms with Crippen molar-refractivity contribution >= 4 is 0 Å². The Labute approximate surface area is 108 Å². The summed E-state index contributed by atoms with van der Waals surface area (Å²) in [5, 5.41) is 12.1. The van der Waals surface area contributed by atoms with Gasteiger partial charge in [-0.25, -0.2) is 0 Å². The Morgan fingerprint density at radius 2 is 2.22 bits per heavy atom. The number of hydrogen-bond donors (Lipinski definition) is 1. The zero-order chi connectivity index (χ0) is 13.1. The summed E-state index contributed by atoms with van der Waals surface area (Å²) < 4.78 is 3.91. The maximum Gasteiger partial charge on any atom is 0.0776 e. The SMILES string of the molecule is CCCn1cc(C(NC)c2cc(C)nn2C)cn1. The Kier molecular flexibility index (Phi) is 3.81. The summed E-state index contributed by atoms with van der Waals surface area (Å²) >= 11 is 0. The van der Waals surface area contributed by atoms with Crippen LogP contribution < -0.4 is 5.32 Å². The highest BCUT2D eigenvalue weighted by atomic mass is 15.3. The molecule has 2 rings (SSSR count). The minimum atomic E-state index is 0.141. The smallest absolute Gasteiger partial charge is 0.0776 e. The fourth-order valence-corrected chi connectivity index (χ4v) is 2.27. The highest BCUT2D eigenvalue weighted by Gasteiger charge is 2.17. The van der Waals surface area contributed by atoms with Crippen LogP contribution in [-0.2, 0) is 13.6 Å². The van der Waals surface area contributed by atoms with Crippen molar-refractivity contribution in [3.8, 4) is 0 Å². The van der Waals surface area contributed by atoms with Crippen LogP contribution in [0.5, 0.6) is 0 Å². The Bertz CT molecular complexity index is 511. The summed E-state index contributed by atoms with van der Waals surface area (Å²) in [5.41, 5.74) is 3.37. The number of rotatable bonds is 5. The molecule has 98 valence electrons. The maximum absolute atomic E-state index is 4.40. The molecular formula is C13H21N5. The Balaban J connectivity index is 2.29. The maximum atomic E-state index is 4.40. The van der Waals surface area contributed by atoms with Crippen LogP contribution in [0.25, 0.3) is 0 Å². The number of aryl methyl sites for hydroxylation is 3. The first-order valence-electron chi connectivity index (χ1n) is 6.35. The summed E-state index contributed by atoms with van der Waals surface area (Å²) in [6.07, 6.45) is 5.13. The number of nitrogens with one attached hydrogen (secondary N) is 1. The first kappa shape index (κ1) is 12.8. The van der Waals surface area contributed by atoms with Crippen LogP contribution in [0.2, 0.25) is 0 Å². The number of hydrogen-bond acceptors (Lipinski definition) is 3. The molecule has 0 spiro atoms. The molecule has 0 saturated heterocycles. The molecule has 1 N–H and O–H groups in total. The quantitative estimate of drug-likeness (QED) is 0.874. The van der Waals surface area contributed by atoms with Crippen LogP contribution in [0, 0.1) is 6.92 Å². The van der Waals surface area contributed by atoms with Crippen molar-refractivity contribution in [3.05, 3.63) is 35.4 Å². The van der Waals surface area contributed by atoms with Gasteiger partial charge in [0, 0.05) is 25.4 Å². The van der Waals surface area contributed by atoms with Crippen molar-refractivity contribution in [3.63, 3.8) is 0 Å². The molecule has 1 unspecified atom stereocenters. The normalized spacial score (nSPS) is 12.9. The van der Waals surface area contributed by atoms with Gasteiger partial charge >= 0.3 is 0 Å². The second-order valence-electron chi connectivity index (χ2n) is 4.59. The van der Waals surface area contributed by atoms with Gasteiger partial charge in [0.25, 0.3) is 0 Å². The van der Waals surface area contributed by atoms with Gasteiger partial charge in [0.2, 0.25) is 0 Å². The van der Waals surface area contributed by atoms with E-state index in [-0.39, 0.29) is 6.04 Å². The number of aromatic nitrogens is 4. The fourth-order valence-electron chi connectivity index (χ4n) is 2.27. The predicted octanol–water partition coefficient (Wildman–Crippen LogP) is 1.64. The van der Waals surface area contributed by atoms with Crippen molar-refractivity contribution in [1.29, 1.82) is 0 Å². The summed E-state index contributed by atoms with van der Waals surface area (Å²) in [7, 11) is 3.94. The summed E-state index contributed by atoms with van der Waals surface area (Å²) in [4.78, 5) is 0. The molecule has 5 nitrogen and oxygen atoms in total. The van der Waals surface area contributed by atoms with Crippen molar-refractivity contribution in [2.24, 2.45) is 7.05 Å². The monoisotopic (exact) mass is 247 g/mol. The minimum Gasteiger partial charge on any atom is -0.308 e. The molecule has 0 fully saturated rings. The van der Waals surface area contributed by atoms with E-state index in [0.29, 0.717) is 0 Å². The van der Waals surface area contributed by atoms with Gasteiger partial charge in [-0.2, -0.15) is 10.2 Å². The zero-order valence-electron chi connectivity index (χ0n) is 11.5. The summed E-state index contributed by atoms with van der Waals surface area (Å²) in [6.45, 7) is 5.12. The van der Waals surface area contributed by atoms with Crippen LogP contribution in [-0.4, -0.2) is 26.6 Å². The lowest BCUT2D eigenvalue weighted by Crippen LogP contribution is -2.20. The van der Waals surface area contributed by atoms with Crippen molar-refractivity contribution in [2.45, 2.75) is 32.9 Å². The van der Waals surface area contributed by atoms with Crippen LogP contribution in [0.3, 0.4) is 0 Å². The van der Waals surface area contributed by atoms with Crippen molar-refractivity contribution in [1.82, 2.24) is 24.9 Å². The molecule has 0 bridgehead atoms. The molecule has 5 heteroatoms. The number of nitrogens with zero attached hydrogens (tertiary/aromatic N) is 4. The Hall–Kier alpha value is -1.62. The lowest BCUT2D eigenvalue weighted by Gasteiger charge is -2.14.